The standard InChI is InChI=1S/C23H40O2/c1-2-3-4-5-6-7-8-9-10-11-12-13-14-15-20-25-23-18-16-22(21-24)17-19-23/h16-19,24H,2-15,20-21H2,1H3. The van der Waals surface area contributed by atoms with Crippen LogP contribution in [0, 0.1) is 0 Å². The number of aliphatic hydroxyl groups excluding tert-OH is 1. The van der Waals surface area contributed by atoms with Crippen LogP contribution in [0.2, 0.25) is 0 Å². The molecular weight excluding hydrogens is 308 g/mol. The largest absolute Gasteiger partial charge is 0.494 e. The molecule has 2 nitrogen and oxygen atoms in total. The highest BCUT2D eigenvalue weighted by molar-refractivity contribution is 5.26. The molecule has 2 heteroatoms. The van der Waals surface area contributed by atoms with Gasteiger partial charge in [0.25, 0.3) is 0 Å². The molecule has 1 N–H and O–H groups in total. The Hall–Kier alpha value is -1.02. The summed E-state index contributed by atoms with van der Waals surface area (Å²) < 4.78 is 5.73. The van der Waals surface area contributed by atoms with Crippen LogP contribution in [0.25, 0.3) is 0 Å². The molecule has 25 heavy (non-hydrogen) atoms. The Labute approximate surface area is 156 Å². The summed E-state index contributed by atoms with van der Waals surface area (Å²) in [6.45, 7) is 3.18. The van der Waals surface area contributed by atoms with Crippen molar-refractivity contribution >= 4 is 0 Å². The number of benzene rings is 1. The monoisotopic (exact) mass is 348 g/mol. The first-order chi connectivity index (χ1) is 12.4. The SMILES string of the molecule is CCCCCCCCCCCCCCCCOc1ccc(CO)cc1. The van der Waals surface area contributed by atoms with Crippen molar-refractivity contribution in [1.82, 2.24) is 0 Å². The van der Waals surface area contributed by atoms with Crippen molar-refractivity contribution in [3.63, 3.8) is 0 Å². The van der Waals surface area contributed by atoms with E-state index in [0.29, 0.717) is 0 Å². The maximum atomic E-state index is 9.00. The highest BCUT2D eigenvalue weighted by atomic mass is 16.5. The van der Waals surface area contributed by atoms with E-state index in [1.54, 1.807) is 0 Å². The van der Waals surface area contributed by atoms with E-state index in [1.165, 1.54) is 83.5 Å². The Morgan fingerprint density at radius 2 is 1.08 bits per heavy atom. The van der Waals surface area contributed by atoms with E-state index < -0.39 is 0 Å². The van der Waals surface area contributed by atoms with Gasteiger partial charge in [0, 0.05) is 0 Å². The average Bonchev–Trinajstić information content (AvgIpc) is 2.65. The summed E-state index contributed by atoms with van der Waals surface area (Å²) in [5.41, 5.74) is 0.934. The third-order valence-electron chi connectivity index (χ3n) is 4.87. The van der Waals surface area contributed by atoms with Gasteiger partial charge in [-0.2, -0.15) is 0 Å². The van der Waals surface area contributed by atoms with Gasteiger partial charge in [0.1, 0.15) is 5.75 Å². The fourth-order valence-corrected chi connectivity index (χ4v) is 3.18. The summed E-state index contributed by atoms with van der Waals surface area (Å²) in [6.07, 6.45) is 19.4. The highest BCUT2D eigenvalue weighted by Crippen LogP contribution is 2.14. The smallest absolute Gasteiger partial charge is 0.119 e. The number of hydrogen-bond donors (Lipinski definition) is 1. The van der Waals surface area contributed by atoms with Gasteiger partial charge >= 0.3 is 0 Å². The lowest BCUT2D eigenvalue weighted by molar-refractivity contribution is 0.281. The molecular formula is C23H40O2. The lowest BCUT2D eigenvalue weighted by Crippen LogP contribution is -1.97. The number of hydrogen-bond acceptors (Lipinski definition) is 2. The Morgan fingerprint density at radius 3 is 1.52 bits per heavy atom. The van der Waals surface area contributed by atoms with E-state index in [0.717, 1.165) is 24.3 Å². The van der Waals surface area contributed by atoms with Crippen LogP contribution in [-0.2, 0) is 6.61 Å². The van der Waals surface area contributed by atoms with E-state index in [1.807, 2.05) is 24.3 Å². The number of rotatable bonds is 17. The molecule has 0 unspecified atom stereocenters. The molecule has 1 aromatic carbocycles. The van der Waals surface area contributed by atoms with Gasteiger partial charge in [0.2, 0.25) is 0 Å². The van der Waals surface area contributed by atoms with Crippen LogP contribution < -0.4 is 4.74 Å². The fraction of sp³-hybridized carbons (Fsp3) is 0.739. The molecule has 0 aromatic heterocycles. The van der Waals surface area contributed by atoms with Crippen molar-refractivity contribution in [3.05, 3.63) is 29.8 Å². The molecule has 1 aromatic rings. The maximum Gasteiger partial charge on any atom is 0.119 e. The molecule has 0 atom stereocenters. The van der Waals surface area contributed by atoms with E-state index >= 15 is 0 Å². The van der Waals surface area contributed by atoms with Gasteiger partial charge in [-0.05, 0) is 24.1 Å². The second kappa shape index (κ2) is 16.4. The third kappa shape index (κ3) is 12.9. The molecule has 0 radical (unpaired) electrons. The van der Waals surface area contributed by atoms with E-state index in [2.05, 4.69) is 6.92 Å². The van der Waals surface area contributed by atoms with E-state index in [9.17, 15) is 0 Å². The van der Waals surface area contributed by atoms with E-state index in [4.69, 9.17) is 9.84 Å². The molecule has 0 aliphatic rings. The Balaban J connectivity index is 1.78. The first-order valence-electron chi connectivity index (χ1n) is 10.7. The Kier molecular flexibility index (Phi) is 14.5. The Bertz CT molecular complexity index is 386. The highest BCUT2D eigenvalue weighted by Gasteiger charge is 1.96. The molecule has 0 spiro atoms. The third-order valence-corrected chi connectivity index (χ3v) is 4.87. The van der Waals surface area contributed by atoms with Crippen LogP contribution >= 0.6 is 0 Å². The summed E-state index contributed by atoms with van der Waals surface area (Å²) in [6, 6.07) is 7.71. The topological polar surface area (TPSA) is 29.5 Å². The molecule has 0 amide bonds. The molecule has 1 rings (SSSR count). The quantitative estimate of drug-likeness (QED) is 0.306. The zero-order valence-electron chi connectivity index (χ0n) is 16.5. The van der Waals surface area contributed by atoms with Crippen molar-refractivity contribution in [2.24, 2.45) is 0 Å². The molecule has 0 bridgehead atoms. The average molecular weight is 349 g/mol. The molecule has 0 aliphatic heterocycles. The summed E-state index contributed by atoms with van der Waals surface area (Å²) >= 11 is 0. The predicted octanol–water partition coefficient (Wildman–Crippen LogP) is 7.04. The van der Waals surface area contributed by atoms with Crippen molar-refractivity contribution < 1.29 is 9.84 Å². The van der Waals surface area contributed by atoms with Gasteiger partial charge in [-0.25, -0.2) is 0 Å². The van der Waals surface area contributed by atoms with Crippen LogP contribution in [0.15, 0.2) is 24.3 Å². The van der Waals surface area contributed by atoms with Crippen molar-refractivity contribution in [3.8, 4) is 5.75 Å². The van der Waals surface area contributed by atoms with Crippen molar-refractivity contribution in [1.29, 1.82) is 0 Å². The minimum atomic E-state index is 0.0965. The maximum absolute atomic E-state index is 9.00. The molecule has 0 aliphatic carbocycles. The van der Waals surface area contributed by atoms with Gasteiger partial charge in [-0.3, -0.25) is 0 Å². The van der Waals surface area contributed by atoms with Crippen LogP contribution in [0.4, 0.5) is 0 Å². The molecule has 0 fully saturated rings. The lowest BCUT2D eigenvalue weighted by Gasteiger charge is -2.07. The fourth-order valence-electron chi connectivity index (χ4n) is 3.18. The van der Waals surface area contributed by atoms with Gasteiger partial charge in [-0.15, -0.1) is 0 Å². The zero-order chi connectivity index (χ0) is 18.0. The summed E-state index contributed by atoms with van der Waals surface area (Å²) in [4.78, 5) is 0. The zero-order valence-corrected chi connectivity index (χ0v) is 16.5. The van der Waals surface area contributed by atoms with Crippen LogP contribution in [0.1, 0.15) is 102 Å². The number of aliphatic hydroxyl groups is 1. The summed E-state index contributed by atoms with van der Waals surface area (Å²) in [7, 11) is 0. The normalized spacial score (nSPS) is 11.0. The molecule has 0 saturated heterocycles. The molecule has 144 valence electrons. The van der Waals surface area contributed by atoms with Crippen molar-refractivity contribution in [2.45, 2.75) is 103 Å². The van der Waals surface area contributed by atoms with Crippen LogP contribution in [-0.4, -0.2) is 11.7 Å². The first kappa shape index (κ1) is 22.0. The number of ether oxygens (including phenoxy) is 1. The van der Waals surface area contributed by atoms with Crippen LogP contribution in [0.5, 0.6) is 5.75 Å². The minimum Gasteiger partial charge on any atom is -0.494 e. The number of unbranched alkanes of at least 4 members (excludes halogenated alkanes) is 13. The van der Waals surface area contributed by atoms with Crippen LogP contribution in [0.3, 0.4) is 0 Å². The summed E-state index contributed by atoms with van der Waals surface area (Å²) in [5.74, 6) is 0.909. The van der Waals surface area contributed by atoms with Gasteiger partial charge < -0.3 is 9.84 Å². The van der Waals surface area contributed by atoms with Gasteiger partial charge in [0.15, 0.2) is 0 Å². The minimum absolute atomic E-state index is 0.0965. The predicted molar refractivity (Wildman–Crippen MR) is 108 cm³/mol. The second-order valence-electron chi connectivity index (χ2n) is 7.25. The first-order valence-corrected chi connectivity index (χ1v) is 10.7. The van der Waals surface area contributed by atoms with E-state index in [-0.39, 0.29) is 6.61 Å². The summed E-state index contributed by atoms with van der Waals surface area (Å²) in [5, 5.41) is 9.00. The van der Waals surface area contributed by atoms with Crippen molar-refractivity contribution in [2.75, 3.05) is 6.61 Å². The molecule has 0 heterocycles. The second-order valence-corrected chi connectivity index (χ2v) is 7.25. The van der Waals surface area contributed by atoms with Gasteiger partial charge in [-0.1, -0.05) is 103 Å². The lowest BCUT2D eigenvalue weighted by atomic mass is 10.0. The van der Waals surface area contributed by atoms with Gasteiger partial charge in [0.05, 0.1) is 13.2 Å². The molecule has 0 saturated carbocycles. The Morgan fingerprint density at radius 1 is 0.640 bits per heavy atom.